The minimum atomic E-state index is -4.61. The molecule has 3 rings (SSSR count). The third kappa shape index (κ3) is 5.51. The molecule has 1 aromatic carbocycles. The number of halogens is 3. The Kier molecular flexibility index (Phi) is 6.70. The highest BCUT2D eigenvalue weighted by molar-refractivity contribution is 6.60. The largest absolute Gasteiger partial charge is 0.573 e. The van der Waals surface area contributed by atoms with Crippen LogP contribution in [0.4, 0.5) is 13.2 Å². The molecule has 0 aromatic heterocycles. The van der Waals surface area contributed by atoms with Gasteiger partial charge in [-0.1, -0.05) is 69.7 Å². The molecule has 26 heavy (non-hydrogen) atoms. The molecule has 1 saturated heterocycles. The van der Waals surface area contributed by atoms with Gasteiger partial charge < -0.3 is 4.74 Å². The molecule has 1 heterocycles. The molecule has 0 atom stereocenters. The predicted molar refractivity (Wildman–Crippen MR) is 101 cm³/mol. The van der Waals surface area contributed by atoms with Gasteiger partial charge in [0.05, 0.1) is 8.80 Å². The second-order valence-electron chi connectivity index (χ2n) is 8.06. The summed E-state index contributed by atoms with van der Waals surface area (Å²) in [6.07, 6.45) is 6.32. The Bertz CT molecular complexity index is 541. The standard InChI is InChI=1S/C21H30F3OSi/c1-2-3-16-4-10-20(11-5-16)26-14-12-18(13-15-26)17-6-8-19(9-7-17)25-21(22,23)24/h6-9,16,18,20H,2-5,10-15H2,1H3. The Labute approximate surface area is 156 Å². The van der Waals surface area contributed by atoms with Gasteiger partial charge in [-0.25, -0.2) is 0 Å². The quantitative estimate of drug-likeness (QED) is 0.484. The lowest BCUT2D eigenvalue weighted by atomic mass is 9.86. The molecule has 1 saturated carbocycles. The van der Waals surface area contributed by atoms with E-state index in [1.54, 1.807) is 0 Å². The van der Waals surface area contributed by atoms with Crippen molar-refractivity contribution in [3.63, 3.8) is 0 Å². The molecule has 0 amide bonds. The predicted octanol–water partition coefficient (Wildman–Crippen LogP) is 7.32. The Morgan fingerprint density at radius 1 is 0.962 bits per heavy atom. The van der Waals surface area contributed by atoms with Crippen molar-refractivity contribution in [1.82, 2.24) is 0 Å². The molecule has 2 fully saturated rings. The van der Waals surface area contributed by atoms with E-state index >= 15 is 0 Å². The highest BCUT2D eigenvalue weighted by atomic mass is 28.3. The smallest absolute Gasteiger partial charge is 0.406 e. The molecule has 1 aliphatic heterocycles. The molecule has 0 spiro atoms. The third-order valence-electron chi connectivity index (χ3n) is 6.33. The fraction of sp³-hybridized carbons (Fsp3) is 0.714. The summed E-state index contributed by atoms with van der Waals surface area (Å²) in [5.74, 6) is 1.37. The average Bonchev–Trinajstić information content (AvgIpc) is 2.62. The van der Waals surface area contributed by atoms with Crippen molar-refractivity contribution in [2.75, 3.05) is 0 Å². The van der Waals surface area contributed by atoms with Crippen molar-refractivity contribution in [1.29, 1.82) is 0 Å². The Morgan fingerprint density at radius 3 is 2.12 bits per heavy atom. The highest BCUT2D eigenvalue weighted by Crippen LogP contribution is 2.44. The number of hydrogen-bond donors (Lipinski definition) is 0. The van der Waals surface area contributed by atoms with Gasteiger partial charge in [0.2, 0.25) is 0 Å². The minimum absolute atomic E-state index is 0.120. The monoisotopic (exact) mass is 383 g/mol. The van der Waals surface area contributed by atoms with Crippen LogP contribution in [0.2, 0.25) is 17.6 Å². The molecule has 145 valence electrons. The van der Waals surface area contributed by atoms with Crippen LogP contribution in [0.25, 0.3) is 0 Å². The summed E-state index contributed by atoms with van der Waals surface area (Å²) in [4.78, 5) is 0. The number of hydrogen-bond acceptors (Lipinski definition) is 1. The molecular weight excluding hydrogens is 353 g/mol. The van der Waals surface area contributed by atoms with Gasteiger partial charge in [-0.2, -0.15) is 0 Å². The third-order valence-corrected chi connectivity index (χ3v) is 9.93. The molecule has 0 bridgehead atoms. The normalized spacial score (nSPS) is 26.0. The van der Waals surface area contributed by atoms with Gasteiger partial charge in [-0.05, 0) is 47.9 Å². The highest BCUT2D eigenvalue weighted by Gasteiger charge is 2.33. The summed E-state index contributed by atoms with van der Waals surface area (Å²) >= 11 is 0. The first-order valence-electron chi connectivity index (χ1n) is 10.1. The van der Waals surface area contributed by atoms with Crippen molar-refractivity contribution < 1.29 is 17.9 Å². The van der Waals surface area contributed by atoms with Crippen LogP contribution in [0.3, 0.4) is 0 Å². The summed E-state index contributed by atoms with van der Waals surface area (Å²) in [5, 5.41) is 0. The number of benzene rings is 1. The van der Waals surface area contributed by atoms with Crippen LogP contribution in [-0.4, -0.2) is 15.2 Å². The number of alkyl halides is 3. The zero-order chi connectivity index (χ0) is 18.6. The molecule has 0 unspecified atom stereocenters. The lowest BCUT2D eigenvalue weighted by molar-refractivity contribution is -0.274. The first-order valence-corrected chi connectivity index (χ1v) is 12.1. The van der Waals surface area contributed by atoms with Crippen LogP contribution in [0, 0.1) is 5.92 Å². The van der Waals surface area contributed by atoms with Crippen LogP contribution >= 0.6 is 0 Å². The SMILES string of the molecule is CCCC1CCC([Si]2CCC(c3ccc(OC(F)(F)F)cc3)CC2)CC1. The van der Waals surface area contributed by atoms with Crippen molar-refractivity contribution in [2.24, 2.45) is 5.92 Å². The molecule has 1 aromatic rings. The zero-order valence-corrected chi connectivity index (χ0v) is 16.7. The van der Waals surface area contributed by atoms with Gasteiger partial charge in [0, 0.05) is 0 Å². The summed E-state index contributed by atoms with van der Waals surface area (Å²) in [5.41, 5.74) is 2.18. The molecule has 1 radical (unpaired) electrons. The first-order chi connectivity index (χ1) is 12.4. The van der Waals surface area contributed by atoms with E-state index in [-0.39, 0.29) is 14.5 Å². The van der Waals surface area contributed by atoms with Crippen LogP contribution in [0.15, 0.2) is 24.3 Å². The van der Waals surface area contributed by atoms with E-state index in [4.69, 9.17) is 0 Å². The Hall–Kier alpha value is -0.973. The maximum Gasteiger partial charge on any atom is 0.573 e. The molecular formula is C21H30F3OSi. The second-order valence-corrected chi connectivity index (χ2v) is 11.2. The van der Waals surface area contributed by atoms with E-state index < -0.39 is 6.36 Å². The van der Waals surface area contributed by atoms with Gasteiger partial charge in [0.15, 0.2) is 0 Å². The van der Waals surface area contributed by atoms with Crippen LogP contribution < -0.4 is 4.74 Å². The molecule has 1 nitrogen and oxygen atoms in total. The van der Waals surface area contributed by atoms with Crippen LogP contribution in [0.1, 0.15) is 69.8 Å². The van der Waals surface area contributed by atoms with E-state index in [0.29, 0.717) is 5.92 Å². The fourth-order valence-electron chi connectivity index (χ4n) is 4.94. The molecule has 1 aliphatic carbocycles. The van der Waals surface area contributed by atoms with Crippen molar-refractivity contribution in [3.8, 4) is 5.75 Å². The average molecular weight is 384 g/mol. The zero-order valence-electron chi connectivity index (χ0n) is 15.7. The van der Waals surface area contributed by atoms with Crippen molar-refractivity contribution in [3.05, 3.63) is 29.8 Å². The van der Waals surface area contributed by atoms with Crippen LogP contribution in [-0.2, 0) is 0 Å². The number of rotatable bonds is 5. The summed E-state index contributed by atoms with van der Waals surface area (Å²) in [6, 6.07) is 9.30. The Balaban J connectivity index is 1.46. The van der Waals surface area contributed by atoms with E-state index in [9.17, 15) is 13.2 Å². The van der Waals surface area contributed by atoms with Gasteiger partial charge in [0.1, 0.15) is 5.75 Å². The fourth-order valence-corrected chi connectivity index (χ4v) is 8.59. The summed E-state index contributed by atoms with van der Waals surface area (Å²) in [7, 11) is -0.231. The molecule has 5 heteroatoms. The topological polar surface area (TPSA) is 9.23 Å². The maximum absolute atomic E-state index is 12.3. The second kappa shape index (κ2) is 8.81. The van der Waals surface area contributed by atoms with E-state index in [1.165, 1.54) is 81.2 Å². The summed E-state index contributed by atoms with van der Waals surface area (Å²) < 4.78 is 40.8. The van der Waals surface area contributed by atoms with Gasteiger partial charge in [-0.15, -0.1) is 13.2 Å². The minimum Gasteiger partial charge on any atom is -0.406 e. The van der Waals surface area contributed by atoms with Gasteiger partial charge >= 0.3 is 6.36 Å². The number of ether oxygens (including phenoxy) is 1. The first kappa shape index (κ1) is 19.8. The van der Waals surface area contributed by atoms with E-state index in [0.717, 1.165) is 11.5 Å². The van der Waals surface area contributed by atoms with E-state index in [1.807, 2.05) is 12.1 Å². The lowest BCUT2D eigenvalue weighted by Gasteiger charge is -2.37. The van der Waals surface area contributed by atoms with E-state index in [2.05, 4.69) is 11.7 Å². The molecule has 2 aliphatic rings. The van der Waals surface area contributed by atoms with Gasteiger partial charge in [-0.3, -0.25) is 0 Å². The lowest BCUT2D eigenvalue weighted by Crippen LogP contribution is -2.29. The summed E-state index contributed by atoms with van der Waals surface area (Å²) in [6.45, 7) is 2.29. The van der Waals surface area contributed by atoms with Gasteiger partial charge in [0.25, 0.3) is 0 Å². The van der Waals surface area contributed by atoms with Crippen LogP contribution in [0.5, 0.6) is 5.75 Å². The van der Waals surface area contributed by atoms with Crippen molar-refractivity contribution in [2.45, 2.75) is 88.2 Å². The van der Waals surface area contributed by atoms with Crippen molar-refractivity contribution >= 4 is 8.80 Å². The maximum atomic E-state index is 12.3. The Morgan fingerprint density at radius 2 is 1.58 bits per heavy atom. The molecule has 0 N–H and O–H groups in total.